The number of hydrogen-bond donors (Lipinski definition) is 1. The summed E-state index contributed by atoms with van der Waals surface area (Å²) < 4.78 is 15.4. The van der Waals surface area contributed by atoms with Gasteiger partial charge in [-0.15, -0.1) is 10.2 Å². The minimum atomic E-state index is -0.315. The Morgan fingerprint density at radius 1 is 1.00 bits per heavy atom. The molecule has 4 aromatic rings. The van der Waals surface area contributed by atoms with Gasteiger partial charge in [0.2, 0.25) is 5.91 Å². The number of hydrogen-bond acceptors (Lipinski definition) is 5. The molecule has 3 aromatic carbocycles. The quantitative estimate of drug-likeness (QED) is 0.345. The summed E-state index contributed by atoms with van der Waals surface area (Å²) in [6.45, 7) is 2.02. The second kappa shape index (κ2) is 10.6. The van der Waals surface area contributed by atoms with E-state index in [4.69, 9.17) is 0 Å². The van der Waals surface area contributed by atoms with E-state index in [1.807, 2.05) is 85.1 Å². The molecular formula is C26H26FN5OS. The Morgan fingerprint density at radius 2 is 1.68 bits per heavy atom. The van der Waals surface area contributed by atoms with Crippen LogP contribution in [-0.2, 0) is 4.79 Å². The fourth-order valence-electron chi connectivity index (χ4n) is 3.49. The van der Waals surface area contributed by atoms with Crippen LogP contribution in [0.1, 0.15) is 18.8 Å². The van der Waals surface area contributed by atoms with E-state index in [2.05, 4.69) is 15.5 Å². The van der Waals surface area contributed by atoms with Gasteiger partial charge in [0.1, 0.15) is 5.82 Å². The lowest BCUT2D eigenvalue weighted by Crippen LogP contribution is -2.21. The van der Waals surface area contributed by atoms with E-state index in [1.54, 1.807) is 12.1 Å². The number of rotatable bonds is 8. The molecule has 0 aliphatic carbocycles. The highest BCUT2D eigenvalue weighted by molar-refractivity contribution is 7.99. The first-order valence-electron chi connectivity index (χ1n) is 10.9. The van der Waals surface area contributed by atoms with Crippen molar-refractivity contribution in [3.8, 4) is 16.8 Å². The summed E-state index contributed by atoms with van der Waals surface area (Å²) in [6, 6.07) is 23.8. The smallest absolute Gasteiger partial charge is 0.234 e. The largest absolute Gasteiger partial charge is 0.325 e. The van der Waals surface area contributed by atoms with Gasteiger partial charge in [-0.1, -0.05) is 60.3 Å². The van der Waals surface area contributed by atoms with E-state index in [-0.39, 0.29) is 23.5 Å². The molecule has 1 heterocycles. The third-order valence-corrected chi connectivity index (χ3v) is 6.44. The summed E-state index contributed by atoms with van der Waals surface area (Å²) in [7, 11) is 3.91. The summed E-state index contributed by atoms with van der Waals surface area (Å²) in [6.07, 6.45) is 0. The highest BCUT2D eigenvalue weighted by Crippen LogP contribution is 2.29. The molecule has 0 aliphatic heterocycles. The zero-order valence-electron chi connectivity index (χ0n) is 19.3. The van der Waals surface area contributed by atoms with Gasteiger partial charge in [-0.3, -0.25) is 14.3 Å². The lowest BCUT2D eigenvalue weighted by Gasteiger charge is -2.20. The first-order chi connectivity index (χ1) is 16.4. The second-order valence-corrected chi connectivity index (χ2v) is 8.98. The first-order valence-corrected chi connectivity index (χ1v) is 11.9. The van der Waals surface area contributed by atoms with Crippen molar-refractivity contribution in [2.45, 2.75) is 18.1 Å². The minimum Gasteiger partial charge on any atom is -0.325 e. The second-order valence-electron chi connectivity index (χ2n) is 8.04. The molecule has 0 bridgehead atoms. The van der Waals surface area contributed by atoms with Crippen LogP contribution in [0.25, 0.3) is 16.8 Å². The Hall–Kier alpha value is -3.49. The number of halogens is 1. The average molecular weight is 476 g/mol. The van der Waals surface area contributed by atoms with E-state index in [0.29, 0.717) is 11.0 Å². The van der Waals surface area contributed by atoms with Crippen LogP contribution in [-0.4, -0.2) is 45.4 Å². The number of nitrogens with one attached hydrogen (secondary N) is 1. The Morgan fingerprint density at radius 3 is 2.38 bits per heavy atom. The van der Waals surface area contributed by atoms with Crippen LogP contribution in [0.2, 0.25) is 0 Å². The SMILES string of the molecule is C[C@H](c1nnc(SCC(=O)Nc2ccccc2-c2ccccc2)n1-c1ccc(F)cc1)N(C)C. The summed E-state index contributed by atoms with van der Waals surface area (Å²) in [4.78, 5) is 14.9. The first kappa shape index (κ1) is 23.7. The molecule has 1 atom stereocenters. The average Bonchev–Trinajstić information content (AvgIpc) is 3.27. The van der Waals surface area contributed by atoms with Crippen molar-refractivity contribution in [3.05, 3.63) is 90.5 Å². The fourth-order valence-corrected chi connectivity index (χ4v) is 4.25. The summed E-state index contributed by atoms with van der Waals surface area (Å²) in [5.41, 5.74) is 3.48. The molecule has 0 unspecified atom stereocenters. The lowest BCUT2D eigenvalue weighted by molar-refractivity contribution is -0.113. The van der Waals surface area contributed by atoms with Gasteiger partial charge in [0.25, 0.3) is 0 Å². The predicted molar refractivity (Wildman–Crippen MR) is 135 cm³/mol. The lowest BCUT2D eigenvalue weighted by atomic mass is 10.0. The molecule has 174 valence electrons. The van der Waals surface area contributed by atoms with Gasteiger partial charge in [0, 0.05) is 16.9 Å². The molecule has 1 aromatic heterocycles. The van der Waals surface area contributed by atoms with Crippen molar-refractivity contribution in [2.24, 2.45) is 0 Å². The number of thioether (sulfide) groups is 1. The monoisotopic (exact) mass is 475 g/mol. The maximum atomic E-state index is 13.5. The topological polar surface area (TPSA) is 63.1 Å². The van der Waals surface area contributed by atoms with E-state index in [1.165, 1.54) is 23.9 Å². The molecule has 0 radical (unpaired) electrons. The van der Waals surface area contributed by atoms with Crippen LogP contribution in [0.15, 0.2) is 84.0 Å². The van der Waals surface area contributed by atoms with E-state index in [0.717, 1.165) is 22.5 Å². The maximum absolute atomic E-state index is 13.5. The summed E-state index contributed by atoms with van der Waals surface area (Å²) >= 11 is 1.29. The van der Waals surface area contributed by atoms with Gasteiger partial charge in [-0.2, -0.15) is 0 Å². The normalized spacial score (nSPS) is 12.0. The molecular weight excluding hydrogens is 449 g/mol. The minimum absolute atomic E-state index is 0.0292. The number of benzene rings is 3. The number of carbonyl (C=O) groups is 1. The summed E-state index contributed by atoms with van der Waals surface area (Å²) in [5, 5.41) is 12.3. The Labute approximate surface area is 202 Å². The van der Waals surface area contributed by atoms with Gasteiger partial charge in [0.15, 0.2) is 11.0 Å². The maximum Gasteiger partial charge on any atom is 0.234 e. The van der Waals surface area contributed by atoms with Gasteiger partial charge in [-0.05, 0) is 56.9 Å². The number of nitrogens with zero attached hydrogens (tertiary/aromatic N) is 4. The Bertz CT molecular complexity index is 1260. The van der Waals surface area contributed by atoms with Crippen molar-refractivity contribution in [1.82, 2.24) is 19.7 Å². The standard InChI is InChI=1S/C26H26FN5OS/c1-18(31(2)3)25-29-30-26(32(25)21-15-13-20(27)14-16-21)34-17-24(33)28-23-12-8-7-11-22(23)19-9-5-4-6-10-19/h4-16,18H,17H2,1-3H3,(H,28,33)/t18-/m1/s1. The molecule has 1 amide bonds. The zero-order valence-corrected chi connectivity index (χ0v) is 20.1. The number of anilines is 1. The van der Waals surface area contributed by atoms with Crippen molar-refractivity contribution in [2.75, 3.05) is 25.2 Å². The van der Waals surface area contributed by atoms with Crippen LogP contribution >= 0.6 is 11.8 Å². The van der Waals surface area contributed by atoms with Gasteiger partial charge in [-0.25, -0.2) is 4.39 Å². The fraction of sp³-hybridized carbons (Fsp3) is 0.192. The third kappa shape index (κ3) is 5.35. The Balaban J connectivity index is 1.54. The highest BCUT2D eigenvalue weighted by atomic mass is 32.2. The van der Waals surface area contributed by atoms with E-state index in [9.17, 15) is 9.18 Å². The van der Waals surface area contributed by atoms with E-state index < -0.39 is 0 Å². The summed E-state index contributed by atoms with van der Waals surface area (Å²) in [5.74, 6) is 0.404. The molecule has 4 rings (SSSR count). The molecule has 8 heteroatoms. The third-order valence-electron chi connectivity index (χ3n) is 5.51. The van der Waals surface area contributed by atoms with Crippen LogP contribution < -0.4 is 5.32 Å². The highest BCUT2D eigenvalue weighted by Gasteiger charge is 2.21. The molecule has 0 saturated heterocycles. The number of para-hydroxylation sites is 1. The van der Waals surface area contributed by atoms with Crippen LogP contribution in [0, 0.1) is 5.82 Å². The van der Waals surface area contributed by atoms with Gasteiger partial charge in [0.05, 0.1) is 11.8 Å². The van der Waals surface area contributed by atoms with Crippen molar-refractivity contribution < 1.29 is 9.18 Å². The molecule has 0 fully saturated rings. The molecule has 6 nitrogen and oxygen atoms in total. The van der Waals surface area contributed by atoms with Crippen LogP contribution in [0.4, 0.5) is 10.1 Å². The van der Waals surface area contributed by atoms with Crippen molar-refractivity contribution >= 4 is 23.4 Å². The zero-order chi connectivity index (χ0) is 24.1. The molecule has 0 saturated carbocycles. The van der Waals surface area contributed by atoms with Gasteiger partial charge < -0.3 is 5.32 Å². The number of carbonyl (C=O) groups excluding carboxylic acids is 1. The molecule has 34 heavy (non-hydrogen) atoms. The Kier molecular flexibility index (Phi) is 7.40. The molecule has 0 aliphatic rings. The van der Waals surface area contributed by atoms with Gasteiger partial charge >= 0.3 is 0 Å². The number of amides is 1. The van der Waals surface area contributed by atoms with E-state index >= 15 is 0 Å². The van der Waals surface area contributed by atoms with Crippen molar-refractivity contribution in [3.63, 3.8) is 0 Å². The number of aromatic nitrogens is 3. The predicted octanol–water partition coefficient (Wildman–Crippen LogP) is 5.43. The molecule has 0 spiro atoms. The van der Waals surface area contributed by atoms with Crippen molar-refractivity contribution in [1.29, 1.82) is 0 Å². The molecule has 1 N–H and O–H groups in total. The van der Waals surface area contributed by atoms with Crippen LogP contribution in [0.3, 0.4) is 0 Å². The van der Waals surface area contributed by atoms with Crippen LogP contribution in [0.5, 0.6) is 0 Å².